The molecule has 1 aliphatic rings. The Hall–Kier alpha value is -0.960. The normalized spacial score (nSPS) is 17.8. The number of thioether (sulfide) groups is 1. The van der Waals surface area contributed by atoms with Gasteiger partial charge in [-0.15, -0.1) is 11.3 Å². The highest BCUT2D eigenvalue weighted by molar-refractivity contribution is 8.00. The molecule has 1 N–H and O–H groups in total. The van der Waals surface area contributed by atoms with Crippen molar-refractivity contribution < 1.29 is 9.90 Å². The summed E-state index contributed by atoms with van der Waals surface area (Å²) < 4.78 is 0.255. The maximum absolute atomic E-state index is 12.5. The van der Waals surface area contributed by atoms with E-state index in [1.54, 1.807) is 0 Å². The summed E-state index contributed by atoms with van der Waals surface area (Å²) in [5.74, 6) is 6.98. The van der Waals surface area contributed by atoms with E-state index in [9.17, 15) is 4.79 Å². The molecule has 1 amide bonds. The molecule has 114 valence electrons. The predicted molar refractivity (Wildman–Crippen MR) is 90.0 cm³/mol. The molecule has 0 atom stereocenters. The van der Waals surface area contributed by atoms with Crippen LogP contribution in [0.3, 0.4) is 0 Å². The molecule has 1 aliphatic heterocycles. The van der Waals surface area contributed by atoms with Crippen LogP contribution in [0.1, 0.15) is 41.2 Å². The summed E-state index contributed by atoms with van der Waals surface area (Å²) >= 11 is 3.38. The molecule has 0 saturated carbocycles. The van der Waals surface area contributed by atoms with E-state index in [1.807, 2.05) is 28.8 Å². The number of hydrogen-bond donors (Lipinski definition) is 1. The van der Waals surface area contributed by atoms with E-state index in [1.165, 1.54) is 11.3 Å². The Balaban J connectivity index is 2.02. The number of aliphatic hydroxyl groups excluding tert-OH is 1. The lowest BCUT2D eigenvalue weighted by Crippen LogP contribution is -2.33. The topological polar surface area (TPSA) is 40.5 Å². The number of thiophene rings is 1. The highest BCUT2D eigenvalue weighted by atomic mass is 32.2. The van der Waals surface area contributed by atoms with Crippen molar-refractivity contribution in [3.63, 3.8) is 0 Å². The molecule has 1 aromatic heterocycles. The Kier molecular flexibility index (Phi) is 5.74. The third kappa shape index (κ3) is 4.77. The van der Waals surface area contributed by atoms with E-state index >= 15 is 0 Å². The Bertz CT molecular complexity index is 554. The number of rotatable bonds is 2. The van der Waals surface area contributed by atoms with E-state index < -0.39 is 0 Å². The first-order chi connectivity index (χ1) is 10.0. The van der Waals surface area contributed by atoms with Gasteiger partial charge in [0, 0.05) is 30.0 Å². The van der Waals surface area contributed by atoms with Crippen LogP contribution in [0.5, 0.6) is 0 Å². The molecule has 0 unspecified atom stereocenters. The molecule has 0 aromatic carbocycles. The highest BCUT2D eigenvalue weighted by Gasteiger charge is 2.26. The number of carbonyl (C=O) groups excluding carboxylic acids is 1. The summed E-state index contributed by atoms with van der Waals surface area (Å²) in [5, 5.41) is 8.71. The molecule has 0 spiro atoms. The van der Waals surface area contributed by atoms with Crippen molar-refractivity contribution in [2.75, 3.05) is 25.4 Å². The molecular weight excluding hydrogens is 302 g/mol. The molecule has 1 saturated heterocycles. The lowest BCUT2D eigenvalue weighted by molar-refractivity contribution is 0.0769. The summed E-state index contributed by atoms with van der Waals surface area (Å²) in [4.78, 5) is 16.1. The first-order valence-corrected chi connectivity index (χ1v) is 8.95. The van der Waals surface area contributed by atoms with Gasteiger partial charge in [-0.1, -0.05) is 25.7 Å². The third-order valence-electron chi connectivity index (χ3n) is 3.39. The summed E-state index contributed by atoms with van der Waals surface area (Å²) in [6.45, 7) is 6.20. The molecular formula is C16H21NO2S2. The van der Waals surface area contributed by atoms with Gasteiger partial charge in [0.25, 0.3) is 5.91 Å². The van der Waals surface area contributed by atoms with Gasteiger partial charge in [0.1, 0.15) is 0 Å². The lowest BCUT2D eigenvalue weighted by Gasteiger charge is -2.22. The van der Waals surface area contributed by atoms with Crippen molar-refractivity contribution in [3.05, 3.63) is 21.9 Å². The van der Waals surface area contributed by atoms with E-state index in [-0.39, 0.29) is 17.3 Å². The van der Waals surface area contributed by atoms with Crippen LogP contribution in [0.15, 0.2) is 12.1 Å². The first kappa shape index (κ1) is 16.4. The quantitative estimate of drug-likeness (QED) is 0.851. The zero-order valence-corrected chi connectivity index (χ0v) is 14.1. The van der Waals surface area contributed by atoms with Crippen LogP contribution in [-0.2, 0) is 0 Å². The van der Waals surface area contributed by atoms with E-state index in [4.69, 9.17) is 5.11 Å². The first-order valence-electron chi connectivity index (χ1n) is 7.15. The van der Waals surface area contributed by atoms with Crippen LogP contribution in [0.25, 0.3) is 0 Å². The standard InChI is InChI=1S/C16H21NO2S2/c1-16(2)8-9-17(10-12-20-16)15(19)14-7-6-13(21-14)5-3-4-11-18/h6-7,18H,4,8-12H2,1-2H3. The lowest BCUT2D eigenvalue weighted by atomic mass is 10.1. The fourth-order valence-corrected chi connectivity index (χ4v) is 4.05. The fraction of sp³-hybridized carbons (Fsp3) is 0.562. The van der Waals surface area contributed by atoms with E-state index in [2.05, 4.69) is 25.7 Å². The van der Waals surface area contributed by atoms with Crippen molar-refractivity contribution in [2.24, 2.45) is 0 Å². The van der Waals surface area contributed by atoms with Crippen molar-refractivity contribution >= 4 is 29.0 Å². The zero-order valence-electron chi connectivity index (χ0n) is 12.5. The Labute approximate surface area is 134 Å². The van der Waals surface area contributed by atoms with Gasteiger partial charge in [0.2, 0.25) is 0 Å². The van der Waals surface area contributed by atoms with Crippen molar-refractivity contribution in [1.29, 1.82) is 0 Å². The average molecular weight is 323 g/mol. The van der Waals surface area contributed by atoms with E-state index in [0.29, 0.717) is 6.42 Å². The van der Waals surface area contributed by atoms with Crippen LogP contribution < -0.4 is 0 Å². The van der Waals surface area contributed by atoms with Crippen molar-refractivity contribution in [1.82, 2.24) is 4.90 Å². The van der Waals surface area contributed by atoms with Crippen LogP contribution >= 0.6 is 23.1 Å². The Morgan fingerprint density at radius 1 is 1.43 bits per heavy atom. The minimum absolute atomic E-state index is 0.0748. The molecule has 0 bridgehead atoms. The number of amides is 1. The van der Waals surface area contributed by atoms with Gasteiger partial charge < -0.3 is 10.0 Å². The van der Waals surface area contributed by atoms with Gasteiger partial charge in [0.15, 0.2) is 0 Å². The molecule has 5 heteroatoms. The number of hydrogen-bond acceptors (Lipinski definition) is 4. The van der Waals surface area contributed by atoms with Crippen LogP contribution in [0, 0.1) is 11.8 Å². The van der Waals surface area contributed by atoms with Gasteiger partial charge in [-0.25, -0.2) is 0 Å². The largest absolute Gasteiger partial charge is 0.395 e. The van der Waals surface area contributed by atoms with E-state index in [0.717, 1.165) is 35.0 Å². The summed E-state index contributed by atoms with van der Waals surface area (Å²) in [6, 6.07) is 3.75. The Morgan fingerprint density at radius 2 is 2.24 bits per heavy atom. The SMILES string of the molecule is CC1(C)CCN(C(=O)c2ccc(C#CCCO)s2)CCS1. The summed E-state index contributed by atoms with van der Waals surface area (Å²) in [5.41, 5.74) is 0. The minimum Gasteiger partial charge on any atom is -0.395 e. The smallest absolute Gasteiger partial charge is 0.263 e. The van der Waals surface area contributed by atoms with Crippen LogP contribution in [0.4, 0.5) is 0 Å². The third-order valence-corrected chi connectivity index (χ3v) is 5.75. The molecule has 3 nitrogen and oxygen atoms in total. The van der Waals surface area contributed by atoms with Gasteiger partial charge in [-0.2, -0.15) is 11.8 Å². The van der Waals surface area contributed by atoms with Crippen molar-refractivity contribution in [3.8, 4) is 11.8 Å². The molecule has 1 aromatic rings. The molecule has 0 aliphatic carbocycles. The maximum atomic E-state index is 12.5. The van der Waals surface area contributed by atoms with Gasteiger partial charge in [-0.3, -0.25) is 4.79 Å². The maximum Gasteiger partial charge on any atom is 0.263 e. The molecule has 2 heterocycles. The highest BCUT2D eigenvalue weighted by Crippen LogP contribution is 2.31. The second-order valence-electron chi connectivity index (χ2n) is 5.59. The second-order valence-corrected chi connectivity index (χ2v) is 8.48. The Morgan fingerprint density at radius 3 is 3.00 bits per heavy atom. The molecule has 2 rings (SSSR count). The second kappa shape index (κ2) is 7.35. The molecule has 21 heavy (non-hydrogen) atoms. The van der Waals surface area contributed by atoms with Gasteiger partial charge in [-0.05, 0) is 18.6 Å². The molecule has 0 radical (unpaired) electrons. The monoisotopic (exact) mass is 323 g/mol. The predicted octanol–water partition coefficient (Wildman–Crippen LogP) is 2.84. The van der Waals surface area contributed by atoms with Crippen LogP contribution in [-0.4, -0.2) is 46.1 Å². The number of carbonyl (C=O) groups is 1. The van der Waals surface area contributed by atoms with Gasteiger partial charge in [0.05, 0.1) is 16.4 Å². The van der Waals surface area contributed by atoms with Crippen LogP contribution in [0.2, 0.25) is 0 Å². The number of aliphatic hydroxyl groups is 1. The van der Waals surface area contributed by atoms with Gasteiger partial charge >= 0.3 is 0 Å². The van der Waals surface area contributed by atoms with Crippen molar-refractivity contribution in [2.45, 2.75) is 31.4 Å². The fourth-order valence-electron chi connectivity index (χ4n) is 2.10. The molecule has 1 fully saturated rings. The summed E-state index contributed by atoms with van der Waals surface area (Å²) in [7, 11) is 0. The number of nitrogens with zero attached hydrogens (tertiary/aromatic N) is 1. The zero-order chi connectivity index (χ0) is 15.3. The average Bonchev–Trinajstić information content (AvgIpc) is 2.83. The minimum atomic E-state index is 0.0748. The summed E-state index contributed by atoms with van der Waals surface area (Å²) in [6.07, 6.45) is 1.50.